The topological polar surface area (TPSA) is 71.1 Å². The summed E-state index contributed by atoms with van der Waals surface area (Å²) < 4.78 is 25.7. The van der Waals surface area contributed by atoms with Crippen molar-refractivity contribution >= 4 is 21.4 Å². The molecule has 2 N–H and O–H groups in total. The number of hydrogen-bond donors (Lipinski definition) is 2. The van der Waals surface area contributed by atoms with Gasteiger partial charge >= 0.3 is 0 Å². The highest BCUT2D eigenvalue weighted by atomic mass is 32.2. The zero-order valence-electron chi connectivity index (χ0n) is 10.2. The van der Waals surface area contributed by atoms with Crippen molar-refractivity contribution in [2.24, 2.45) is 0 Å². The predicted octanol–water partition coefficient (Wildman–Crippen LogP) is 0.734. The van der Waals surface area contributed by atoms with Gasteiger partial charge in [-0.2, -0.15) is 0 Å². The lowest BCUT2D eigenvalue weighted by atomic mass is 10.4. The fourth-order valence-corrected chi connectivity index (χ4v) is 3.19. The summed E-state index contributed by atoms with van der Waals surface area (Å²) in [6.45, 7) is 3.06. The van der Waals surface area contributed by atoms with Crippen LogP contribution in [0.3, 0.4) is 0 Å². The number of hydrogen-bond acceptors (Lipinski definition) is 5. The predicted molar refractivity (Wildman–Crippen MR) is 70.7 cm³/mol. The Hall–Kier alpha value is -0.500. The molecule has 0 aliphatic carbocycles. The molecule has 1 rings (SSSR count). The molecule has 1 heterocycles. The quantitative estimate of drug-likeness (QED) is 0.687. The van der Waals surface area contributed by atoms with Crippen molar-refractivity contribution in [3.8, 4) is 0 Å². The highest BCUT2D eigenvalue weighted by Crippen LogP contribution is 2.13. The van der Waals surface area contributed by atoms with Crippen molar-refractivity contribution in [1.82, 2.24) is 15.0 Å². The molecule has 0 fully saturated rings. The summed E-state index contributed by atoms with van der Waals surface area (Å²) >= 11 is 1.55. The van der Waals surface area contributed by atoms with Gasteiger partial charge in [-0.05, 0) is 26.4 Å². The Morgan fingerprint density at radius 3 is 2.82 bits per heavy atom. The van der Waals surface area contributed by atoms with E-state index in [1.807, 2.05) is 7.05 Å². The Morgan fingerprint density at radius 1 is 1.47 bits per heavy atom. The summed E-state index contributed by atoms with van der Waals surface area (Å²) in [7, 11) is -1.37. The number of aromatic nitrogens is 1. The second kappa shape index (κ2) is 7.05. The molecule has 0 aliphatic heterocycles. The van der Waals surface area contributed by atoms with E-state index in [1.165, 1.54) is 4.88 Å². The molecule has 17 heavy (non-hydrogen) atoms. The molecule has 0 unspecified atom stereocenters. The van der Waals surface area contributed by atoms with Crippen LogP contribution in [0.15, 0.2) is 6.20 Å². The van der Waals surface area contributed by atoms with Crippen LogP contribution < -0.4 is 10.0 Å². The van der Waals surface area contributed by atoms with Gasteiger partial charge in [0, 0.05) is 11.1 Å². The van der Waals surface area contributed by atoms with Gasteiger partial charge in [-0.25, -0.2) is 18.1 Å². The molecular formula is C10H19N3O2S2. The van der Waals surface area contributed by atoms with Gasteiger partial charge in [-0.1, -0.05) is 6.92 Å². The zero-order chi connectivity index (χ0) is 12.7. The van der Waals surface area contributed by atoms with Crippen LogP contribution >= 0.6 is 11.3 Å². The lowest BCUT2D eigenvalue weighted by Gasteiger charge is -2.04. The number of nitrogens with zero attached hydrogens (tertiary/aromatic N) is 1. The minimum Gasteiger partial charge on any atom is -0.320 e. The SMILES string of the molecule is CCc1cnc(CNS(=O)(=O)CCCNC)s1. The maximum Gasteiger partial charge on any atom is 0.212 e. The summed E-state index contributed by atoms with van der Waals surface area (Å²) in [5.74, 6) is 0.153. The molecule has 0 spiro atoms. The number of nitrogens with one attached hydrogen (secondary N) is 2. The van der Waals surface area contributed by atoms with Crippen molar-refractivity contribution in [2.75, 3.05) is 19.3 Å². The highest BCUT2D eigenvalue weighted by Gasteiger charge is 2.10. The normalized spacial score (nSPS) is 11.9. The maximum absolute atomic E-state index is 11.6. The number of thiazole rings is 1. The van der Waals surface area contributed by atoms with Gasteiger partial charge in [-0.15, -0.1) is 11.3 Å². The Labute approximate surface area is 107 Å². The van der Waals surface area contributed by atoms with E-state index in [0.717, 1.165) is 11.4 Å². The smallest absolute Gasteiger partial charge is 0.212 e. The van der Waals surface area contributed by atoms with E-state index in [1.54, 1.807) is 17.5 Å². The molecule has 0 radical (unpaired) electrons. The summed E-state index contributed by atoms with van der Waals surface area (Å²) in [6.07, 6.45) is 3.35. The van der Waals surface area contributed by atoms with Crippen molar-refractivity contribution in [2.45, 2.75) is 26.3 Å². The monoisotopic (exact) mass is 277 g/mol. The fourth-order valence-electron chi connectivity index (χ4n) is 1.28. The van der Waals surface area contributed by atoms with Crippen LogP contribution in [-0.2, 0) is 23.0 Å². The van der Waals surface area contributed by atoms with E-state index < -0.39 is 10.0 Å². The molecule has 5 nitrogen and oxygen atoms in total. The summed E-state index contributed by atoms with van der Waals surface area (Å²) in [5.41, 5.74) is 0. The van der Waals surface area contributed by atoms with Gasteiger partial charge in [0.25, 0.3) is 0 Å². The average molecular weight is 277 g/mol. The zero-order valence-corrected chi connectivity index (χ0v) is 11.8. The van der Waals surface area contributed by atoms with E-state index in [4.69, 9.17) is 0 Å². The second-order valence-corrected chi connectivity index (χ2v) is 6.80. The van der Waals surface area contributed by atoms with Gasteiger partial charge in [0.05, 0.1) is 12.3 Å². The Kier molecular flexibility index (Phi) is 6.04. The Bertz CT molecular complexity index is 429. The molecule has 1 aromatic rings. The van der Waals surface area contributed by atoms with E-state index >= 15 is 0 Å². The summed E-state index contributed by atoms with van der Waals surface area (Å²) in [6, 6.07) is 0. The van der Waals surface area contributed by atoms with Crippen LogP contribution in [-0.4, -0.2) is 32.7 Å². The van der Waals surface area contributed by atoms with Crippen LogP contribution in [0.4, 0.5) is 0 Å². The van der Waals surface area contributed by atoms with Gasteiger partial charge in [0.2, 0.25) is 10.0 Å². The number of aryl methyl sites for hydroxylation is 1. The second-order valence-electron chi connectivity index (χ2n) is 3.67. The van der Waals surface area contributed by atoms with Gasteiger partial charge in [0.1, 0.15) is 5.01 Å². The third kappa shape index (κ3) is 5.58. The van der Waals surface area contributed by atoms with E-state index in [0.29, 0.717) is 19.5 Å². The molecule has 0 atom stereocenters. The summed E-state index contributed by atoms with van der Waals surface area (Å²) in [4.78, 5) is 5.34. The largest absolute Gasteiger partial charge is 0.320 e. The molecule has 0 amide bonds. The average Bonchev–Trinajstić information content (AvgIpc) is 2.75. The van der Waals surface area contributed by atoms with Crippen molar-refractivity contribution in [1.29, 1.82) is 0 Å². The number of rotatable bonds is 8. The van der Waals surface area contributed by atoms with E-state index in [-0.39, 0.29) is 5.75 Å². The molecule has 7 heteroatoms. The third-order valence-electron chi connectivity index (χ3n) is 2.23. The maximum atomic E-state index is 11.6. The van der Waals surface area contributed by atoms with E-state index in [2.05, 4.69) is 21.9 Å². The lowest BCUT2D eigenvalue weighted by Crippen LogP contribution is -2.27. The summed E-state index contributed by atoms with van der Waals surface area (Å²) in [5, 5.41) is 3.74. The molecule has 1 aromatic heterocycles. The van der Waals surface area contributed by atoms with Gasteiger partial charge in [-0.3, -0.25) is 0 Å². The molecule has 98 valence electrons. The van der Waals surface area contributed by atoms with Crippen LogP contribution in [0, 0.1) is 0 Å². The Balaban J connectivity index is 2.38. The minimum absolute atomic E-state index is 0.153. The van der Waals surface area contributed by atoms with Crippen molar-refractivity contribution in [3.63, 3.8) is 0 Å². The number of sulfonamides is 1. The molecular weight excluding hydrogens is 258 g/mol. The van der Waals surface area contributed by atoms with Crippen molar-refractivity contribution < 1.29 is 8.42 Å². The lowest BCUT2D eigenvalue weighted by molar-refractivity contribution is 0.577. The first-order valence-electron chi connectivity index (χ1n) is 5.63. The first kappa shape index (κ1) is 14.6. The van der Waals surface area contributed by atoms with Gasteiger partial charge in [0.15, 0.2) is 0 Å². The minimum atomic E-state index is -3.17. The molecule has 0 bridgehead atoms. The van der Waals surface area contributed by atoms with E-state index in [9.17, 15) is 8.42 Å². The van der Waals surface area contributed by atoms with Gasteiger partial charge < -0.3 is 5.32 Å². The molecule has 0 aliphatic rings. The molecule has 0 saturated heterocycles. The Morgan fingerprint density at radius 2 is 2.24 bits per heavy atom. The standard InChI is InChI=1S/C10H19N3O2S2/c1-3-9-7-12-10(16-9)8-13-17(14,15)6-4-5-11-2/h7,11,13H,3-6,8H2,1-2H3. The van der Waals surface area contributed by atoms with Crippen LogP contribution in [0.1, 0.15) is 23.2 Å². The molecule has 0 saturated carbocycles. The third-order valence-corrected chi connectivity index (χ3v) is 4.78. The van der Waals surface area contributed by atoms with Crippen molar-refractivity contribution in [3.05, 3.63) is 16.1 Å². The van der Waals surface area contributed by atoms with Crippen LogP contribution in [0.25, 0.3) is 0 Å². The van der Waals surface area contributed by atoms with Crippen LogP contribution in [0.5, 0.6) is 0 Å². The first-order valence-corrected chi connectivity index (χ1v) is 8.09. The first-order chi connectivity index (χ1) is 8.07. The van der Waals surface area contributed by atoms with Crippen LogP contribution in [0.2, 0.25) is 0 Å². The fraction of sp³-hybridized carbons (Fsp3) is 0.700. The highest BCUT2D eigenvalue weighted by molar-refractivity contribution is 7.89. The molecule has 0 aromatic carbocycles.